The molecule has 0 spiro atoms. The first-order valence-electron chi connectivity index (χ1n) is 12.4. The second-order valence-corrected chi connectivity index (χ2v) is 9.36. The van der Waals surface area contributed by atoms with Crippen molar-refractivity contribution in [1.29, 1.82) is 0 Å². The number of rotatable bonds is 3. The van der Waals surface area contributed by atoms with E-state index in [1.165, 1.54) is 0 Å². The van der Waals surface area contributed by atoms with Gasteiger partial charge in [-0.25, -0.2) is 9.97 Å². The van der Waals surface area contributed by atoms with Gasteiger partial charge in [-0.3, -0.25) is 0 Å². The van der Waals surface area contributed by atoms with Gasteiger partial charge >= 0.3 is 0 Å². The first-order valence-corrected chi connectivity index (χ1v) is 12.4. The van der Waals surface area contributed by atoms with Crippen molar-refractivity contribution < 1.29 is 8.83 Å². The molecule has 180 valence electrons. The van der Waals surface area contributed by atoms with Crippen LogP contribution >= 0.6 is 0 Å². The Morgan fingerprint density at radius 1 is 0.553 bits per heavy atom. The van der Waals surface area contributed by atoms with Crippen molar-refractivity contribution in [3.05, 3.63) is 109 Å². The molecule has 0 saturated carbocycles. The maximum Gasteiger partial charge on any atom is 0.227 e. The third-order valence-corrected chi connectivity index (χ3v) is 7.00. The molecule has 6 heteroatoms. The molecule has 38 heavy (non-hydrogen) atoms. The van der Waals surface area contributed by atoms with Crippen LogP contribution in [0.25, 0.3) is 72.6 Å². The Hall–Kier alpha value is -5.36. The van der Waals surface area contributed by atoms with E-state index in [2.05, 4.69) is 41.0 Å². The van der Waals surface area contributed by atoms with Gasteiger partial charge in [-0.2, -0.15) is 0 Å². The number of para-hydroxylation sites is 4. The quantitative estimate of drug-likeness (QED) is 0.253. The summed E-state index contributed by atoms with van der Waals surface area (Å²) in [5, 5.41) is 2.16. The van der Waals surface area contributed by atoms with Gasteiger partial charge < -0.3 is 19.1 Å². The van der Waals surface area contributed by atoms with Gasteiger partial charge in [0, 0.05) is 33.3 Å². The molecular weight excluding hydrogens is 472 g/mol. The summed E-state index contributed by atoms with van der Waals surface area (Å²) >= 11 is 0. The third kappa shape index (κ3) is 3.14. The Balaban J connectivity index is 1.39. The van der Waals surface area contributed by atoms with E-state index in [1.807, 2.05) is 72.8 Å². The number of nitrogens with zero attached hydrogens (tertiary/aromatic N) is 3. The molecule has 8 aromatic rings. The molecule has 0 bridgehead atoms. The van der Waals surface area contributed by atoms with Crippen molar-refractivity contribution in [2.24, 2.45) is 0 Å². The van der Waals surface area contributed by atoms with Crippen LogP contribution in [0.15, 0.2) is 118 Å². The summed E-state index contributed by atoms with van der Waals surface area (Å²) in [5.41, 5.74) is 14.9. The molecule has 6 nitrogen and oxygen atoms in total. The molecule has 0 fully saturated rings. The molecule has 0 radical (unpaired) electrons. The van der Waals surface area contributed by atoms with Crippen molar-refractivity contribution in [2.45, 2.75) is 0 Å². The molecule has 0 aliphatic rings. The smallest absolute Gasteiger partial charge is 0.227 e. The van der Waals surface area contributed by atoms with E-state index in [0.29, 0.717) is 11.8 Å². The molecule has 0 aliphatic carbocycles. The van der Waals surface area contributed by atoms with E-state index < -0.39 is 0 Å². The molecule has 0 saturated heterocycles. The Labute approximate surface area is 216 Å². The molecule has 3 aromatic heterocycles. The van der Waals surface area contributed by atoms with Crippen LogP contribution in [0.2, 0.25) is 0 Å². The van der Waals surface area contributed by atoms with Crippen molar-refractivity contribution >= 4 is 49.7 Å². The van der Waals surface area contributed by atoms with Gasteiger partial charge in [-0.15, -0.1) is 0 Å². The van der Waals surface area contributed by atoms with Crippen LogP contribution in [0.3, 0.4) is 0 Å². The fraction of sp³-hybridized carbons (Fsp3) is 0. The van der Waals surface area contributed by atoms with E-state index in [-0.39, 0.29) is 0 Å². The number of aromatic nitrogens is 3. The molecule has 0 unspecified atom stereocenters. The Morgan fingerprint density at radius 3 is 1.55 bits per heavy atom. The molecule has 0 aliphatic heterocycles. The lowest BCUT2D eigenvalue weighted by molar-refractivity contribution is 0.619. The molecule has 0 atom stereocenters. The van der Waals surface area contributed by atoms with Crippen LogP contribution in [-0.2, 0) is 0 Å². The Morgan fingerprint density at radius 2 is 1.05 bits per heavy atom. The normalized spacial score (nSPS) is 11.8. The van der Waals surface area contributed by atoms with Crippen LogP contribution in [0.5, 0.6) is 0 Å². The molecule has 5 aromatic carbocycles. The predicted molar refractivity (Wildman–Crippen MR) is 151 cm³/mol. The van der Waals surface area contributed by atoms with Crippen molar-refractivity contribution in [3.8, 4) is 28.6 Å². The molecule has 3 heterocycles. The SMILES string of the molecule is Nc1ccc(-n2c3ccc(-c4nc5ccccc5o4)cc3c3cc(-c4nc5ccccc5o4)ccc32)cc1. The number of nitrogens with two attached hydrogens (primary N) is 1. The van der Waals surface area contributed by atoms with Gasteiger partial charge in [0.25, 0.3) is 0 Å². The summed E-state index contributed by atoms with van der Waals surface area (Å²) in [4.78, 5) is 9.44. The maximum absolute atomic E-state index is 6.09. The number of oxazole rings is 2. The second kappa shape index (κ2) is 7.82. The number of benzene rings is 5. The maximum atomic E-state index is 6.09. The first kappa shape index (κ1) is 20.8. The standard InChI is InChI=1S/C32H20N4O2/c33-21-11-13-22(14-12-21)36-27-15-9-19(31-34-25-5-1-3-7-29(25)37-31)17-23(27)24-18-20(10-16-28(24)36)32-35-26-6-2-4-8-30(26)38-32/h1-18H,33H2. The van der Waals surface area contributed by atoms with Crippen LogP contribution < -0.4 is 5.73 Å². The lowest BCUT2D eigenvalue weighted by Gasteiger charge is -2.08. The van der Waals surface area contributed by atoms with Crippen LogP contribution in [0.1, 0.15) is 0 Å². The first-order chi connectivity index (χ1) is 18.7. The summed E-state index contributed by atoms with van der Waals surface area (Å²) in [6.45, 7) is 0. The Bertz CT molecular complexity index is 1950. The highest BCUT2D eigenvalue weighted by Crippen LogP contribution is 2.38. The summed E-state index contributed by atoms with van der Waals surface area (Å²) < 4.78 is 14.4. The molecule has 2 N–H and O–H groups in total. The fourth-order valence-corrected chi connectivity index (χ4v) is 5.18. The molecule has 0 amide bonds. The van der Waals surface area contributed by atoms with Crippen LogP contribution in [0, 0.1) is 0 Å². The zero-order valence-corrected chi connectivity index (χ0v) is 20.1. The largest absolute Gasteiger partial charge is 0.436 e. The van der Waals surface area contributed by atoms with Crippen LogP contribution in [-0.4, -0.2) is 14.5 Å². The van der Waals surface area contributed by atoms with Crippen molar-refractivity contribution in [2.75, 3.05) is 5.73 Å². The van der Waals surface area contributed by atoms with Crippen LogP contribution in [0.4, 0.5) is 5.69 Å². The minimum Gasteiger partial charge on any atom is -0.436 e. The molecule has 8 rings (SSSR count). The highest BCUT2D eigenvalue weighted by atomic mass is 16.4. The predicted octanol–water partition coefficient (Wildman–Crippen LogP) is 7.98. The number of hydrogen-bond donors (Lipinski definition) is 1. The average Bonchev–Trinajstić information content (AvgIpc) is 3.66. The van der Waals surface area contributed by atoms with Gasteiger partial charge in [0.15, 0.2) is 11.2 Å². The van der Waals surface area contributed by atoms with E-state index in [1.54, 1.807) is 0 Å². The lowest BCUT2D eigenvalue weighted by atomic mass is 10.1. The number of hydrogen-bond acceptors (Lipinski definition) is 5. The number of fused-ring (bicyclic) bond motifs is 5. The highest BCUT2D eigenvalue weighted by Gasteiger charge is 2.17. The van der Waals surface area contributed by atoms with E-state index >= 15 is 0 Å². The van der Waals surface area contributed by atoms with Crippen molar-refractivity contribution in [3.63, 3.8) is 0 Å². The minimum atomic E-state index is 0.594. The third-order valence-electron chi connectivity index (χ3n) is 7.00. The highest BCUT2D eigenvalue weighted by molar-refractivity contribution is 6.11. The topological polar surface area (TPSA) is 83.0 Å². The van der Waals surface area contributed by atoms with Gasteiger partial charge in [0.05, 0.1) is 11.0 Å². The zero-order chi connectivity index (χ0) is 25.2. The van der Waals surface area contributed by atoms with Gasteiger partial charge in [-0.05, 0) is 84.9 Å². The van der Waals surface area contributed by atoms with Crippen molar-refractivity contribution in [1.82, 2.24) is 14.5 Å². The zero-order valence-electron chi connectivity index (χ0n) is 20.1. The minimum absolute atomic E-state index is 0.594. The van der Waals surface area contributed by atoms with Gasteiger partial charge in [0.2, 0.25) is 11.8 Å². The number of nitrogen functional groups attached to an aromatic ring is 1. The number of anilines is 1. The van der Waals surface area contributed by atoms with Gasteiger partial charge in [-0.1, -0.05) is 24.3 Å². The Kier molecular flexibility index (Phi) is 4.28. The second-order valence-electron chi connectivity index (χ2n) is 9.36. The average molecular weight is 493 g/mol. The summed E-state index contributed by atoms with van der Waals surface area (Å²) in [6.07, 6.45) is 0. The van der Waals surface area contributed by atoms with E-state index in [9.17, 15) is 0 Å². The molecular formula is C32H20N4O2. The van der Waals surface area contributed by atoms with E-state index in [4.69, 9.17) is 24.5 Å². The fourth-order valence-electron chi connectivity index (χ4n) is 5.18. The summed E-state index contributed by atoms with van der Waals surface area (Å²) in [5.74, 6) is 1.19. The lowest BCUT2D eigenvalue weighted by Crippen LogP contribution is -1.94. The summed E-state index contributed by atoms with van der Waals surface area (Å²) in [6, 6.07) is 36.2. The monoisotopic (exact) mass is 492 g/mol. The van der Waals surface area contributed by atoms with E-state index in [0.717, 1.165) is 66.5 Å². The summed E-state index contributed by atoms with van der Waals surface area (Å²) in [7, 11) is 0. The van der Waals surface area contributed by atoms with Gasteiger partial charge in [0.1, 0.15) is 11.0 Å².